The van der Waals surface area contributed by atoms with Crippen LogP contribution in [0.2, 0.25) is 0 Å². The van der Waals surface area contributed by atoms with Gasteiger partial charge >= 0.3 is 5.97 Å². The number of imide groups is 1. The van der Waals surface area contributed by atoms with E-state index >= 15 is 0 Å². The van der Waals surface area contributed by atoms with E-state index in [0.717, 1.165) is 0 Å². The third-order valence-electron chi connectivity index (χ3n) is 4.33. The largest absolute Gasteiger partial charge is 0.470 e. The molecule has 2 heterocycles. The molecule has 0 spiro atoms. The number of amides is 2. The molecule has 2 amide bonds. The second kappa shape index (κ2) is 7.85. The minimum Gasteiger partial charge on any atom is -0.470 e. The third kappa shape index (κ3) is 4.17. The molecule has 0 N–H and O–H groups in total. The van der Waals surface area contributed by atoms with Gasteiger partial charge in [0.1, 0.15) is 11.3 Å². The van der Waals surface area contributed by atoms with Gasteiger partial charge in [0.2, 0.25) is 5.88 Å². The smallest absolute Gasteiger partial charge is 0.358 e. The first kappa shape index (κ1) is 21.4. The number of aromatic nitrogens is 2. The molecule has 8 heteroatoms. The molecular weight excluding hydrogens is 386 g/mol. The number of hydrogen-bond acceptors (Lipinski definition) is 7. The summed E-state index contributed by atoms with van der Waals surface area (Å²) in [5.74, 6) is -0.926. The first-order chi connectivity index (χ1) is 14.0. The molecule has 0 aliphatic carbocycles. The van der Waals surface area contributed by atoms with Gasteiger partial charge in [-0.2, -0.15) is 0 Å². The molecule has 1 aliphatic heterocycles. The first-order valence-corrected chi connectivity index (χ1v) is 9.67. The van der Waals surface area contributed by atoms with Crippen molar-refractivity contribution in [2.45, 2.75) is 40.2 Å². The quantitative estimate of drug-likeness (QED) is 0.549. The molecule has 1 aliphatic rings. The molecule has 0 bridgehead atoms. The van der Waals surface area contributed by atoms with Gasteiger partial charge in [-0.1, -0.05) is 19.9 Å². The molecule has 0 radical (unpaired) electrons. The van der Waals surface area contributed by atoms with Crippen LogP contribution in [0.5, 0.6) is 5.88 Å². The van der Waals surface area contributed by atoms with E-state index in [9.17, 15) is 14.4 Å². The molecule has 8 nitrogen and oxygen atoms in total. The summed E-state index contributed by atoms with van der Waals surface area (Å²) in [7, 11) is 1.26. The van der Waals surface area contributed by atoms with Crippen molar-refractivity contribution in [2.75, 3.05) is 13.7 Å². The highest BCUT2D eigenvalue weighted by Crippen LogP contribution is 2.33. The van der Waals surface area contributed by atoms with Crippen LogP contribution in [-0.2, 0) is 4.74 Å². The van der Waals surface area contributed by atoms with Gasteiger partial charge in [-0.05, 0) is 38.8 Å². The zero-order valence-corrected chi connectivity index (χ0v) is 18.0. The normalized spacial score (nSPS) is 13.6. The monoisotopic (exact) mass is 411 g/mol. The highest BCUT2D eigenvalue weighted by atomic mass is 16.5. The first-order valence-electron chi connectivity index (χ1n) is 9.67. The van der Waals surface area contributed by atoms with Crippen molar-refractivity contribution in [2.24, 2.45) is 5.92 Å². The average molecular weight is 411 g/mol. The molecule has 1 aromatic heterocycles. The van der Waals surface area contributed by atoms with Crippen LogP contribution >= 0.6 is 0 Å². The summed E-state index contributed by atoms with van der Waals surface area (Å²) in [5.41, 5.74) is 0.896. The van der Waals surface area contributed by atoms with Crippen LogP contribution in [-0.4, -0.2) is 51.9 Å². The number of hydrogen-bond donors (Lipinski definition) is 0. The topological polar surface area (TPSA) is 98.7 Å². The molecule has 0 unspecified atom stereocenters. The predicted octanol–water partition coefficient (Wildman–Crippen LogP) is 3.36. The van der Waals surface area contributed by atoms with E-state index in [2.05, 4.69) is 9.97 Å². The Kier molecular flexibility index (Phi) is 5.61. The maximum atomic E-state index is 12.8. The van der Waals surface area contributed by atoms with Crippen molar-refractivity contribution in [3.8, 4) is 17.1 Å². The Bertz CT molecular complexity index is 1020. The number of esters is 1. The van der Waals surface area contributed by atoms with Gasteiger partial charge in [0, 0.05) is 12.1 Å². The van der Waals surface area contributed by atoms with E-state index in [-0.39, 0.29) is 35.0 Å². The average Bonchev–Trinajstić information content (AvgIpc) is 2.90. The van der Waals surface area contributed by atoms with Crippen LogP contribution < -0.4 is 4.74 Å². The number of carbonyl (C=O) groups is 3. The van der Waals surface area contributed by atoms with Crippen molar-refractivity contribution in [3.63, 3.8) is 0 Å². The number of rotatable bonds is 5. The van der Waals surface area contributed by atoms with Crippen LogP contribution in [0.15, 0.2) is 24.4 Å². The summed E-state index contributed by atoms with van der Waals surface area (Å²) in [4.78, 5) is 47.3. The van der Waals surface area contributed by atoms with E-state index in [1.54, 1.807) is 18.2 Å². The van der Waals surface area contributed by atoms with E-state index < -0.39 is 11.6 Å². The molecule has 0 saturated heterocycles. The molecule has 158 valence electrons. The van der Waals surface area contributed by atoms with Gasteiger partial charge in [-0.3, -0.25) is 14.5 Å². The molecule has 0 atom stereocenters. The fraction of sp³-hybridized carbons (Fsp3) is 0.409. The second-order valence-electron chi connectivity index (χ2n) is 8.49. The Hall–Kier alpha value is -3.29. The molecule has 0 fully saturated rings. The lowest BCUT2D eigenvalue weighted by Gasteiger charge is -2.22. The van der Waals surface area contributed by atoms with Gasteiger partial charge < -0.3 is 9.47 Å². The molecule has 30 heavy (non-hydrogen) atoms. The Morgan fingerprint density at radius 3 is 2.40 bits per heavy atom. The molecule has 0 saturated carbocycles. The maximum Gasteiger partial charge on any atom is 0.358 e. The number of benzene rings is 1. The Morgan fingerprint density at radius 1 is 1.13 bits per heavy atom. The zero-order chi connectivity index (χ0) is 22.2. The molecule has 2 aromatic rings. The fourth-order valence-electron chi connectivity index (χ4n) is 3.10. The highest BCUT2D eigenvalue weighted by Gasteiger charge is 2.36. The molecule has 1 aromatic carbocycles. The van der Waals surface area contributed by atoms with E-state index in [0.29, 0.717) is 23.2 Å². The van der Waals surface area contributed by atoms with Crippen molar-refractivity contribution in [1.29, 1.82) is 0 Å². The van der Waals surface area contributed by atoms with Crippen molar-refractivity contribution in [1.82, 2.24) is 14.9 Å². The SMILES string of the molecule is COC(=O)c1cnc(OC(C)(C)C)c(-c2ccc3c(c2)C(=O)N(CC(C)C)C3=O)n1. The Labute approximate surface area is 175 Å². The summed E-state index contributed by atoms with van der Waals surface area (Å²) < 4.78 is 10.6. The van der Waals surface area contributed by atoms with Gasteiger partial charge in [-0.25, -0.2) is 14.8 Å². The van der Waals surface area contributed by atoms with Crippen molar-refractivity contribution >= 4 is 17.8 Å². The van der Waals surface area contributed by atoms with Crippen molar-refractivity contribution in [3.05, 3.63) is 41.2 Å². The number of carbonyl (C=O) groups excluding carboxylic acids is 3. The third-order valence-corrected chi connectivity index (χ3v) is 4.33. The summed E-state index contributed by atoms with van der Waals surface area (Å²) in [6.45, 7) is 9.82. The van der Waals surface area contributed by atoms with E-state index in [4.69, 9.17) is 9.47 Å². The highest BCUT2D eigenvalue weighted by molar-refractivity contribution is 6.21. The fourth-order valence-corrected chi connectivity index (χ4v) is 3.10. The summed E-state index contributed by atoms with van der Waals surface area (Å²) in [5, 5.41) is 0. The zero-order valence-electron chi connectivity index (χ0n) is 18.0. The van der Waals surface area contributed by atoms with Crippen LogP contribution in [0.25, 0.3) is 11.3 Å². The van der Waals surface area contributed by atoms with Crippen LogP contribution in [0.3, 0.4) is 0 Å². The van der Waals surface area contributed by atoms with E-state index in [1.807, 2.05) is 34.6 Å². The van der Waals surface area contributed by atoms with Crippen molar-refractivity contribution < 1.29 is 23.9 Å². The van der Waals surface area contributed by atoms with Gasteiger partial charge in [0.15, 0.2) is 5.69 Å². The van der Waals surface area contributed by atoms with E-state index in [1.165, 1.54) is 18.2 Å². The van der Waals surface area contributed by atoms with Crippen LogP contribution in [0, 0.1) is 5.92 Å². The van der Waals surface area contributed by atoms with Crippen LogP contribution in [0.4, 0.5) is 0 Å². The lowest BCUT2D eigenvalue weighted by atomic mass is 10.0. The lowest BCUT2D eigenvalue weighted by Crippen LogP contribution is -2.33. The number of fused-ring (bicyclic) bond motifs is 1. The molecular formula is C22H25N3O5. The Morgan fingerprint density at radius 2 is 1.80 bits per heavy atom. The summed E-state index contributed by atoms with van der Waals surface area (Å²) in [6, 6.07) is 4.86. The van der Waals surface area contributed by atoms with Crippen LogP contribution in [0.1, 0.15) is 65.8 Å². The maximum absolute atomic E-state index is 12.8. The number of methoxy groups -OCH3 is 1. The standard InChI is InChI=1S/C22H25N3O5/c1-12(2)11-25-19(26)14-8-7-13(9-15(14)20(25)27)17-18(30-22(3,4)5)23-10-16(24-17)21(28)29-6/h7-10,12H,11H2,1-6H3. The minimum absolute atomic E-state index is 0.0121. The lowest BCUT2D eigenvalue weighted by molar-refractivity contribution is 0.0590. The second-order valence-corrected chi connectivity index (χ2v) is 8.49. The predicted molar refractivity (Wildman–Crippen MR) is 109 cm³/mol. The minimum atomic E-state index is -0.637. The van der Waals surface area contributed by atoms with Gasteiger partial charge in [0.05, 0.1) is 24.4 Å². The van der Waals surface area contributed by atoms with Gasteiger partial charge in [-0.15, -0.1) is 0 Å². The Balaban J connectivity index is 2.10. The number of ether oxygens (including phenoxy) is 2. The van der Waals surface area contributed by atoms with Gasteiger partial charge in [0.25, 0.3) is 11.8 Å². The summed E-state index contributed by atoms with van der Waals surface area (Å²) in [6.07, 6.45) is 1.28. The summed E-state index contributed by atoms with van der Waals surface area (Å²) >= 11 is 0. The number of nitrogens with zero attached hydrogens (tertiary/aromatic N) is 3. The molecule has 3 rings (SSSR count).